The molecular weight excluding hydrogens is 859 g/mol. The van der Waals surface area contributed by atoms with E-state index in [4.69, 9.17) is 9.47 Å². The standard InChI is InChI=1S/C51H89N5O11/c1-19-21-22-33(11)46(67-36(14)57)38(48(62)54-39(20-2)51(65)66-18)28-44(60)45(32(9)10)56(17)50(64)37(23-29(3)4)27-43(59)41(25-31(7)8)55(16)49(63)35(13)53-47(61)34(12)26-42(58)40(52-15)24-30(5)6/h19,21,29-35,37-41,45-46,52H,20,22-28H2,1-18H3,(H,53,61)(H,54,62)/b21-19+/t33-,34-,35-,37-,38+,39+,40+,41+,45+,46-/m1/s1. The van der Waals surface area contributed by atoms with Gasteiger partial charge in [0.25, 0.3) is 0 Å². The van der Waals surface area contributed by atoms with Crippen LogP contribution in [0.2, 0.25) is 0 Å². The van der Waals surface area contributed by atoms with Gasteiger partial charge in [-0.2, -0.15) is 0 Å². The summed E-state index contributed by atoms with van der Waals surface area (Å²) in [6.07, 6.45) is 3.77. The van der Waals surface area contributed by atoms with Crippen molar-refractivity contribution in [1.82, 2.24) is 25.8 Å². The Labute approximate surface area is 402 Å². The van der Waals surface area contributed by atoms with E-state index in [0.29, 0.717) is 19.3 Å². The number of ether oxygens (including phenoxy) is 2. The predicted molar refractivity (Wildman–Crippen MR) is 260 cm³/mol. The third-order valence-corrected chi connectivity index (χ3v) is 12.3. The lowest BCUT2D eigenvalue weighted by atomic mass is 9.82. The molecule has 0 saturated carbocycles. The normalized spacial score (nSPS) is 16.3. The third-order valence-electron chi connectivity index (χ3n) is 12.3. The van der Waals surface area contributed by atoms with Gasteiger partial charge in [0.1, 0.15) is 18.2 Å². The molecule has 0 aliphatic heterocycles. The molecule has 384 valence electrons. The third kappa shape index (κ3) is 21.2. The number of carbonyl (C=O) groups is 9. The average molecular weight is 948 g/mol. The number of hydrogen-bond acceptors (Lipinski definition) is 12. The first-order chi connectivity index (χ1) is 31.1. The summed E-state index contributed by atoms with van der Waals surface area (Å²) in [4.78, 5) is 126. The van der Waals surface area contributed by atoms with Crippen LogP contribution in [0.4, 0.5) is 0 Å². The van der Waals surface area contributed by atoms with Crippen LogP contribution in [0.5, 0.6) is 0 Å². The molecule has 16 heteroatoms. The maximum atomic E-state index is 14.7. The first-order valence-corrected chi connectivity index (χ1v) is 24.4. The fourth-order valence-corrected chi connectivity index (χ4v) is 8.64. The van der Waals surface area contributed by atoms with E-state index in [1.165, 1.54) is 44.9 Å². The summed E-state index contributed by atoms with van der Waals surface area (Å²) in [7, 11) is 5.92. The van der Waals surface area contributed by atoms with Gasteiger partial charge in [0, 0.05) is 52.1 Å². The monoisotopic (exact) mass is 948 g/mol. The van der Waals surface area contributed by atoms with Crippen LogP contribution >= 0.6 is 0 Å². The zero-order valence-corrected chi connectivity index (χ0v) is 44.3. The Morgan fingerprint density at radius 2 is 1.22 bits per heavy atom. The summed E-state index contributed by atoms with van der Waals surface area (Å²) in [5.41, 5.74) is 0. The lowest BCUT2D eigenvalue weighted by Gasteiger charge is -2.36. The molecule has 0 saturated heterocycles. The quantitative estimate of drug-likeness (QED) is 0.0533. The summed E-state index contributed by atoms with van der Waals surface area (Å²) < 4.78 is 10.6. The van der Waals surface area contributed by atoms with Crippen LogP contribution in [0, 0.1) is 47.3 Å². The van der Waals surface area contributed by atoms with Crippen LogP contribution in [0.25, 0.3) is 0 Å². The molecule has 4 amide bonds. The number of rotatable bonds is 32. The zero-order valence-electron chi connectivity index (χ0n) is 44.3. The minimum absolute atomic E-state index is 0.00451. The van der Waals surface area contributed by atoms with Gasteiger partial charge in [-0.05, 0) is 82.6 Å². The van der Waals surface area contributed by atoms with Crippen molar-refractivity contribution >= 4 is 52.9 Å². The molecule has 0 radical (unpaired) electrons. The maximum absolute atomic E-state index is 14.7. The second-order valence-electron chi connectivity index (χ2n) is 20.1. The summed E-state index contributed by atoms with van der Waals surface area (Å²) >= 11 is 0. The summed E-state index contributed by atoms with van der Waals surface area (Å²) in [6, 6.07) is -4.43. The zero-order chi connectivity index (χ0) is 52.0. The van der Waals surface area contributed by atoms with Crippen molar-refractivity contribution in [3.63, 3.8) is 0 Å². The van der Waals surface area contributed by atoms with Gasteiger partial charge >= 0.3 is 11.9 Å². The highest BCUT2D eigenvalue weighted by Crippen LogP contribution is 2.29. The number of hydrogen-bond donors (Lipinski definition) is 3. The average Bonchev–Trinajstić information content (AvgIpc) is 3.24. The minimum atomic E-state index is -1.24. The van der Waals surface area contributed by atoms with Crippen molar-refractivity contribution in [3.8, 4) is 0 Å². The van der Waals surface area contributed by atoms with E-state index in [9.17, 15) is 43.2 Å². The number of allylic oxidation sites excluding steroid dienone is 2. The second-order valence-corrected chi connectivity index (χ2v) is 20.1. The van der Waals surface area contributed by atoms with Gasteiger partial charge in [-0.3, -0.25) is 38.4 Å². The number of likely N-dealkylation sites (N-methyl/N-ethyl adjacent to an activating group) is 3. The molecule has 0 unspecified atom stereocenters. The van der Waals surface area contributed by atoms with Crippen LogP contribution in [-0.2, 0) is 52.6 Å². The highest BCUT2D eigenvalue weighted by molar-refractivity contribution is 5.97. The molecule has 0 aliphatic carbocycles. The van der Waals surface area contributed by atoms with E-state index >= 15 is 0 Å². The van der Waals surface area contributed by atoms with E-state index < -0.39 is 108 Å². The van der Waals surface area contributed by atoms with Gasteiger partial charge in [-0.15, -0.1) is 0 Å². The highest BCUT2D eigenvalue weighted by atomic mass is 16.5. The maximum Gasteiger partial charge on any atom is 0.328 e. The summed E-state index contributed by atoms with van der Waals surface area (Å²) in [5, 5.41) is 8.45. The van der Waals surface area contributed by atoms with Crippen molar-refractivity contribution in [1.29, 1.82) is 0 Å². The van der Waals surface area contributed by atoms with E-state index in [-0.39, 0.29) is 61.0 Å². The SMILES string of the molecule is C/C=C/C[C@@H](C)[C@@H](OC(C)=O)[C@H](CC(=O)[C@H](C(C)C)N(C)C(=O)[C@@H](CC(=O)[C@H](CC(C)C)N(C)C(=O)[C@@H](C)NC(=O)[C@H](C)CC(=O)[C@H](CC(C)C)NC)CC(C)C)C(=O)N[C@@H](CC)C(=O)OC. The van der Waals surface area contributed by atoms with Gasteiger partial charge in [0.2, 0.25) is 23.6 Å². The molecule has 0 rings (SSSR count). The van der Waals surface area contributed by atoms with Crippen molar-refractivity contribution < 1.29 is 52.6 Å². The Balaban J connectivity index is 6.78. The lowest BCUT2D eigenvalue weighted by Crippen LogP contribution is -2.53. The molecule has 3 N–H and O–H groups in total. The van der Waals surface area contributed by atoms with Crippen LogP contribution in [0.1, 0.15) is 148 Å². The molecule has 16 nitrogen and oxygen atoms in total. The van der Waals surface area contributed by atoms with E-state index in [0.717, 1.165) is 0 Å². The smallest absolute Gasteiger partial charge is 0.328 e. The first kappa shape index (κ1) is 62.5. The van der Waals surface area contributed by atoms with Crippen LogP contribution in [0.15, 0.2) is 12.2 Å². The number of methoxy groups -OCH3 is 1. The number of carbonyl (C=O) groups excluding carboxylic acids is 9. The Kier molecular flexibility index (Phi) is 28.8. The van der Waals surface area contributed by atoms with Gasteiger partial charge < -0.3 is 35.2 Å². The number of amides is 4. The minimum Gasteiger partial charge on any atom is -0.467 e. The molecule has 0 bridgehead atoms. The molecule has 0 aliphatic rings. The molecule has 0 heterocycles. The number of nitrogens with one attached hydrogen (secondary N) is 3. The van der Waals surface area contributed by atoms with Crippen molar-refractivity contribution in [2.45, 2.75) is 185 Å². The fourth-order valence-electron chi connectivity index (χ4n) is 8.64. The Morgan fingerprint density at radius 1 is 0.657 bits per heavy atom. The Bertz CT molecular complexity index is 1680. The molecule has 0 spiro atoms. The summed E-state index contributed by atoms with van der Waals surface area (Å²) in [5.74, 6) is -7.84. The first-order valence-electron chi connectivity index (χ1n) is 24.4. The van der Waals surface area contributed by atoms with Gasteiger partial charge in [-0.25, -0.2) is 4.79 Å². The molecule has 0 fully saturated rings. The topological polar surface area (TPSA) is 215 Å². The van der Waals surface area contributed by atoms with Crippen molar-refractivity contribution in [2.75, 3.05) is 28.3 Å². The van der Waals surface area contributed by atoms with Crippen LogP contribution in [0.3, 0.4) is 0 Å². The van der Waals surface area contributed by atoms with Gasteiger partial charge in [0.05, 0.1) is 31.2 Å². The van der Waals surface area contributed by atoms with Crippen LogP contribution < -0.4 is 16.0 Å². The van der Waals surface area contributed by atoms with E-state index in [1.54, 1.807) is 41.7 Å². The predicted octanol–water partition coefficient (Wildman–Crippen LogP) is 5.88. The number of nitrogens with zero attached hydrogens (tertiary/aromatic N) is 2. The largest absolute Gasteiger partial charge is 0.467 e. The molecule has 67 heavy (non-hydrogen) atoms. The van der Waals surface area contributed by atoms with Crippen LogP contribution in [-0.4, -0.2) is 127 Å². The summed E-state index contributed by atoms with van der Waals surface area (Å²) in [6.45, 7) is 25.0. The number of ketones is 3. The molecule has 0 aromatic heterocycles. The van der Waals surface area contributed by atoms with E-state index in [2.05, 4.69) is 16.0 Å². The van der Waals surface area contributed by atoms with Crippen molar-refractivity contribution in [3.05, 3.63) is 12.2 Å². The second kappa shape index (κ2) is 30.8. The van der Waals surface area contributed by atoms with E-state index in [1.807, 2.05) is 60.6 Å². The molecule has 0 aromatic carbocycles. The number of esters is 2. The number of Topliss-reactive ketones (excluding diaryl/α,β-unsaturated/α-hetero) is 3. The molecule has 10 atom stereocenters. The Hall–Kier alpha value is -4.47. The van der Waals surface area contributed by atoms with Crippen molar-refractivity contribution in [2.24, 2.45) is 47.3 Å². The lowest BCUT2D eigenvalue weighted by molar-refractivity contribution is -0.158. The highest BCUT2D eigenvalue weighted by Gasteiger charge is 2.42. The fraction of sp³-hybridized carbons (Fsp3) is 0.784. The Morgan fingerprint density at radius 3 is 1.69 bits per heavy atom. The van der Waals surface area contributed by atoms with Gasteiger partial charge in [0.15, 0.2) is 17.3 Å². The molecular formula is C51H89N5O11. The van der Waals surface area contributed by atoms with Gasteiger partial charge in [-0.1, -0.05) is 88.3 Å². The molecule has 0 aromatic rings.